The fourth-order valence-electron chi connectivity index (χ4n) is 5.28. The number of hydrogen-bond acceptors (Lipinski definition) is 4. The summed E-state index contributed by atoms with van der Waals surface area (Å²) in [6.07, 6.45) is 1.37. The highest BCUT2D eigenvalue weighted by Gasteiger charge is 2.39. The van der Waals surface area contributed by atoms with Crippen molar-refractivity contribution in [3.63, 3.8) is 0 Å². The zero-order valence-corrected chi connectivity index (χ0v) is 21.7. The number of nitriles is 1. The Balaban J connectivity index is 1.35. The molecule has 1 fully saturated rings. The van der Waals surface area contributed by atoms with Crippen LogP contribution in [0.5, 0.6) is 0 Å². The first-order valence-electron chi connectivity index (χ1n) is 12.6. The van der Waals surface area contributed by atoms with Gasteiger partial charge in [-0.25, -0.2) is 22.4 Å². The van der Waals surface area contributed by atoms with Gasteiger partial charge in [0.05, 0.1) is 23.1 Å². The second-order valence-corrected chi connectivity index (χ2v) is 9.92. The molecule has 2 N–H and O–H groups in total. The minimum atomic E-state index is -1.08. The standard InChI is InChI=1S/C28H29F4N5O2/c1-17-24(25(36(2)27(39)35-17)18-4-7-21(30)23(32)14-18)26(38)34-10-3-11-37-12-8-28(16-33,9-13-37)20-6-5-19(29)15-22(20)31/h4-7,14-15,25H,3,8-13H2,1-2H3,(H,34,38)(H,35,39). The Labute approximate surface area is 224 Å². The maximum Gasteiger partial charge on any atom is 0.322 e. The molecule has 2 heterocycles. The van der Waals surface area contributed by atoms with Crippen LogP contribution in [-0.2, 0) is 10.2 Å². The van der Waals surface area contributed by atoms with E-state index in [0.717, 1.165) is 24.3 Å². The summed E-state index contributed by atoms with van der Waals surface area (Å²) in [5.41, 5.74) is 0.00635. The SMILES string of the molecule is CC1=C(C(=O)NCCCN2CCC(C#N)(c3ccc(F)cc3F)CC2)C(c2ccc(F)c(F)c2)N(C)C(=O)N1. The molecule has 39 heavy (non-hydrogen) atoms. The normalized spacial score (nSPS) is 19.5. The number of halogens is 4. The molecular formula is C28H29F4N5O2. The second kappa shape index (κ2) is 11.5. The summed E-state index contributed by atoms with van der Waals surface area (Å²) >= 11 is 0. The smallest absolute Gasteiger partial charge is 0.322 e. The molecule has 0 aromatic heterocycles. The number of nitrogens with zero attached hydrogens (tertiary/aromatic N) is 3. The molecule has 1 atom stereocenters. The molecule has 2 aromatic carbocycles. The summed E-state index contributed by atoms with van der Waals surface area (Å²) in [5.74, 6) is -3.95. The summed E-state index contributed by atoms with van der Waals surface area (Å²) in [7, 11) is 1.47. The number of allylic oxidation sites excluding steroid dienone is 1. The van der Waals surface area contributed by atoms with E-state index >= 15 is 0 Å². The fraction of sp³-hybridized carbons (Fsp3) is 0.393. The van der Waals surface area contributed by atoms with Gasteiger partial charge in [0.15, 0.2) is 11.6 Å². The number of carbonyl (C=O) groups excluding carboxylic acids is 2. The van der Waals surface area contributed by atoms with Crippen molar-refractivity contribution < 1.29 is 27.2 Å². The van der Waals surface area contributed by atoms with Gasteiger partial charge in [-0.15, -0.1) is 0 Å². The average molecular weight is 544 g/mol. The lowest BCUT2D eigenvalue weighted by Gasteiger charge is -2.38. The zero-order chi connectivity index (χ0) is 28.3. The van der Waals surface area contributed by atoms with Crippen molar-refractivity contribution in [3.8, 4) is 6.07 Å². The Morgan fingerprint density at radius 1 is 1.10 bits per heavy atom. The molecular weight excluding hydrogens is 514 g/mol. The van der Waals surface area contributed by atoms with Gasteiger partial charge in [-0.05, 0) is 69.6 Å². The number of benzene rings is 2. The average Bonchev–Trinajstić information content (AvgIpc) is 2.90. The van der Waals surface area contributed by atoms with Gasteiger partial charge in [0.2, 0.25) is 0 Å². The van der Waals surface area contributed by atoms with Crippen molar-refractivity contribution in [1.82, 2.24) is 20.4 Å². The highest BCUT2D eigenvalue weighted by molar-refractivity contribution is 5.98. The molecule has 1 unspecified atom stereocenters. The molecule has 4 rings (SSSR count). The number of carbonyl (C=O) groups is 2. The Morgan fingerprint density at radius 2 is 1.82 bits per heavy atom. The molecule has 0 spiro atoms. The third-order valence-corrected chi connectivity index (χ3v) is 7.49. The topological polar surface area (TPSA) is 88.5 Å². The van der Waals surface area contributed by atoms with E-state index in [1.54, 1.807) is 6.92 Å². The highest BCUT2D eigenvalue weighted by atomic mass is 19.2. The lowest BCUT2D eigenvalue weighted by Crippen LogP contribution is -2.48. The number of likely N-dealkylation sites (tertiary alicyclic amines) is 1. The van der Waals surface area contributed by atoms with Gasteiger partial charge in [-0.1, -0.05) is 12.1 Å². The first-order chi connectivity index (χ1) is 18.6. The Hall–Kier alpha value is -3.91. The van der Waals surface area contributed by atoms with Crippen molar-refractivity contribution in [2.24, 2.45) is 0 Å². The van der Waals surface area contributed by atoms with Crippen molar-refractivity contribution in [2.45, 2.75) is 37.6 Å². The Bertz CT molecular complexity index is 1350. The Kier molecular flexibility index (Phi) is 8.25. The molecule has 0 aliphatic carbocycles. The quantitative estimate of drug-likeness (QED) is 0.403. The lowest BCUT2D eigenvalue weighted by molar-refractivity contribution is -0.118. The summed E-state index contributed by atoms with van der Waals surface area (Å²) in [6, 6.07) is 7.44. The third-order valence-electron chi connectivity index (χ3n) is 7.49. The van der Waals surface area contributed by atoms with Crippen molar-refractivity contribution in [3.05, 3.63) is 82.1 Å². The van der Waals surface area contributed by atoms with Crippen LogP contribution in [0.1, 0.15) is 43.4 Å². The van der Waals surface area contributed by atoms with Crippen LogP contribution in [-0.4, -0.2) is 55.0 Å². The number of nitrogens with one attached hydrogen (secondary N) is 2. The van der Waals surface area contributed by atoms with Gasteiger partial charge in [0.1, 0.15) is 11.6 Å². The summed E-state index contributed by atoms with van der Waals surface area (Å²) in [6.45, 7) is 3.58. The number of urea groups is 1. The van der Waals surface area contributed by atoms with Gasteiger partial charge in [-0.2, -0.15) is 5.26 Å². The maximum absolute atomic E-state index is 14.4. The molecule has 0 radical (unpaired) electrons. The van der Waals surface area contributed by atoms with Gasteiger partial charge in [-0.3, -0.25) is 4.79 Å². The number of piperidine rings is 1. The summed E-state index contributed by atoms with van der Waals surface area (Å²) < 4.78 is 55.2. The molecule has 1 saturated heterocycles. The zero-order valence-electron chi connectivity index (χ0n) is 21.7. The summed E-state index contributed by atoms with van der Waals surface area (Å²) in [5, 5.41) is 15.3. The molecule has 2 aromatic rings. The first kappa shape index (κ1) is 28.1. The molecule has 3 amide bonds. The lowest BCUT2D eigenvalue weighted by atomic mass is 9.73. The van der Waals surface area contributed by atoms with E-state index in [0.29, 0.717) is 51.1 Å². The largest absolute Gasteiger partial charge is 0.352 e. The maximum atomic E-state index is 14.4. The van der Waals surface area contributed by atoms with E-state index < -0.39 is 46.7 Å². The van der Waals surface area contributed by atoms with Crippen molar-refractivity contribution >= 4 is 11.9 Å². The number of amides is 3. The summed E-state index contributed by atoms with van der Waals surface area (Å²) in [4.78, 5) is 28.9. The monoisotopic (exact) mass is 543 g/mol. The number of hydrogen-bond donors (Lipinski definition) is 2. The number of likely N-dealkylation sites (N-methyl/N-ethyl adjacent to an activating group) is 1. The predicted molar refractivity (Wildman–Crippen MR) is 135 cm³/mol. The van der Waals surface area contributed by atoms with Crippen LogP contribution in [0, 0.1) is 34.6 Å². The second-order valence-electron chi connectivity index (χ2n) is 9.92. The number of rotatable bonds is 7. The predicted octanol–water partition coefficient (Wildman–Crippen LogP) is 4.28. The van der Waals surface area contributed by atoms with E-state index in [4.69, 9.17) is 0 Å². The fourth-order valence-corrected chi connectivity index (χ4v) is 5.28. The van der Waals surface area contributed by atoms with E-state index in [9.17, 15) is 32.4 Å². The van der Waals surface area contributed by atoms with Crippen LogP contribution in [0.3, 0.4) is 0 Å². The van der Waals surface area contributed by atoms with Crippen LogP contribution in [0.25, 0.3) is 0 Å². The molecule has 0 saturated carbocycles. The molecule has 2 aliphatic heterocycles. The Morgan fingerprint density at radius 3 is 2.46 bits per heavy atom. The van der Waals surface area contributed by atoms with Crippen LogP contribution in [0.15, 0.2) is 47.7 Å². The molecule has 7 nitrogen and oxygen atoms in total. The molecule has 2 aliphatic rings. The third kappa shape index (κ3) is 5.76. The van der Waals surface area contributed by atoms with Gasteiger partial charge < -0.3 is 20.4 Å². The molecule has 206 valence electrons. The highest BCUT2D eigenvalue weighted by Crippen LogP contribution is 2.37. The van der Waals surface area contributed by atoms with Gasteiger partial charge in [0.25, 0.3) is 5.91 Å². The minimum Gasteiger partial charge on any atom is -0.352 e. The van der Waals surface area contributed by atoms with E-state index in [2.05, 4.69) is 21.6 Å². The van der Waals surface area contributed by atoms with Crippen LogP contribution >= 0.6 is 0 Å². The van der Waals surface area contributed by atoms with E-state index in [1.807, 2.05) is 0 Å². The van der Waals surface area contributed by atoms with Gasteiger partial charge >= 0.3 is 6.03 Å². The van der Waals surface area contributed by atoms with E-state index in [1.165, 1.54) is 24.1 Å². The van der Waals surface area contributed by atoms with Crippen molar-refractivity contribution in [1.29, 1.82) is 5.26 Å². The van der Waals surface area contributed by atoms with Crippen LogP contribution in [0.4, 0.5) is 22.4 Å². The first-order valence-corrected chi connectivity index (χ1v) is 12.6. The molecule has 0 bridgehead atoms. The minimum absolute atomic E-state index is 0.210. The van der Waals surface area contributed by atoms with Crippen molar-refractivity contribution in [2.75, 3.05) is 33.2 Å². The van der Waals surface area contributed by atoms with Gasteiger partial charge in [0, 0.05) is 30.9 Å². The van der Waals surface area contributed by atoms with Crippen LogP contribution in [0.2, 0.25) is 0 Å². The van der Waals surface area contributed by atoms with E-state index in [-0.39, 0.29) is 16.7 Å². The van der Waals surface area contributed by atoms with Crippen LogP contribution < -0.4 is 10.6 Å². The molecule has 11 heteroatoms.